The van der Waals surface area contributed by atoms with Gasteiger partial charge in [0, 0.05) is 25.2 Å². The van der Waals surface area contributed by atoms with Gasteiger partial charge in [0.1, 0.15) is 0 Å². The van der Waals surface area contributed by atoms with Crippen molar-refractivity contribution in [2.24, 2.45) is 5.73 Å². The van der Waals surface area contributed by atoms with Gasteiger partial charge >= 0.3 is 6.18 Å². The molecule has 1 heterocycles. The van der Waals surface area contributed by atoms with Crippen LogP contribution < -0.4 is 5.73 Å². The molecule has 1 atom stereocenters. The van der Waals surface area contributed by atoms with Gasteiger partial charge in [-0.05, 0) is 30.2 Å². The number of hydrogen-bond acceptors (Lipinski definition) is 2. The number of nitrogens with two attached hydrogens (primary N) is 1. The Hall–Kier alpha value is -1.53. The summed E-state index contributed by atoms with van der Waals surface area (Å²) in [6.07, 6.45) is -1.19. The van der Waals surface area contributed by atoms with Gasteiger partial charge in [0.05, 0.1) is 10.6 Å². The zero-order valence-corrected chi connectivity index (χ0v) is 11.8. The molecule has 0 saturated carbocycles. The van der Waals surface area contributed by atoms with E-state index in [9.17, 15) is 18.0 Å². The van der Waals surface area contributed by atoms with Crippen LogP contribution in [-0.4, -0.2) is 29.9 Å². The van der Waals surface area contributed by atoms with Crippen molar-refractivity contribution in [3.8, 4) is 0 Å². The molecule has 0 spiro atoms. The Kier molecular flexibility index (Phi) is 4.58. The van der Waals surface area contributed by atoms with Crippen LogP contribution in [0.25, 0.3) is 6.08 Å². The van der Waals surface area contributed by atoms with E-state index in [4.69, 9.17) is 17.3 Å². The molecular weight excluding hydrogens is 305 g/mol. The Morgan fingerprint density at radius 2 is 2.14 bits per heavy atom. The fourth-order valence-corrected chi connectivity index (χ4v) is 2.35. The summed E-state index contributed by atoms with van der Waals surface area (Å²) in [6, 6.07) is 3.48. The molecule has 1 aromatic carbocycles. The molecule has 2 N–H and O–H groups in total. The van der Waals surface area contributed by atoms with E-state index in [0.29, 0.717) is 13.1 Å². The van der Waals surface area contributed by atoms with Crippen LogP contribution in [0, 0.1) is 0 Å². The maximum atomic E-state index is 12.7. The van der Waals surface area contributed by atoms with E-state index >= 15 is 0 Å². The molecule has 7 heteroatoms. The molecule has 3 nitrogen and oxygen atoms in total. The maximum Gasteiger partial charge on any atom is 0.417 e. The van der Waals surface area contributed by atoms with Crippen LogP contribution in [0.15, 0.2) is 24.3 Å². The zero-order valence-electron chi connectivity index (χ0n) is 11.0. The van der Waals surface area contributed by atoms with E-state index in [-0.39, 0.29) is 22.5 Å². The summed E-state index contributed by atoms with van der Waals surface area (Å²) >= 11 is 5.53. The van der Waals surface area contributed by atoms with Crippen LogP contribution >= 0.6 is 11.6 Å². The first-order valence-corrected chi connectivity index (χ1v) is 6.74. The normalized spacial score (nSPS) is 19.5. The average Bonchev–Trinajstić information content (AvgIpc) is 2.83. The molecule has 1 amide bonds. The van der Waals surface area contributed by atoms with E-state index in [1.807, 2.05) is 0 Å². The fourth-order valence-electron chi connectivity index (χ4n) is 2.12. The first kappa shape index (κ1) is 15.9. The zero-order chi connectivity index (χ0) is 15.6. The van der Waals surface area contributed by atoms with Crippen LogP contribution in [0.5, 0.6) is 0 Å². The minimum absolute atomic E-state index is 0.0327. The third-order valence-corrected chi connectivity index (χ3v) is 3.58. The Bertz CT molecular complexity index is 572. The molecule has 2 rings (SSSR count). The van der Waals surface area contributed by atoms with Gasteiger partial charge in [-0.2, -0.15) is 13.2 Å². The summed E-state index contributed by atoms with van der Waals surface area (Å²) in [5, 5.41) is -0.364. The summed E-state index contributed by atoms with van der Waals surface area (Å²) < 4.78 is 38.2. The minimum atomic E-state index is -4.52. The van der Waals surface area contributed by atoms with Crippen molar-refractivity contribution < 1.29 is 18.0 Å². The highest BCUT2D eigenvalue weighted by atomic mass is 35.5. The summed E-state index contributed by atoms with van der Waals surface area (Å²) in [7, 11) is 0. The second kappa shape index (κ2) is 6.07. The number of amides is 1. The Labute approximate surface area is 125 Å². The first-order valence-electron chi connectivity index (χ1n) is 6.36. The van der Waals surface area contributed by atoms with Crippen molar-refractivity contribution in [2.45, 2.75) is 18.6 Å². The number of carbonyl (C=O) groups excluding carboxylic acids is 1. The monoisotopic (exact) mass is 318 g/mol. The number of alkyl halides is 3. The lowest BCUT2D eigenvalue weighted by Gasteiger charge is -2.13. The predicted molar refractivity (Wildman–Crippen MR) is 74.7 cm³/mol. The van der Waals surface area contributed by atoms with Gasteiger partial charge in [-0.25, -0.2) is 0 Å². The molecule has 21 heavy (non-hydrogen) atoms. The predicted octanol–water partition coefficient (Wildman–Crippen LogP) is 2.93. The van der Waals surface area contributed by atoms with Crippen LogP contribution in [0.1, 0.15) is 17.5 Å². The van der Waals surface area contributed by atoms with Gasteiger partial charge in [0.15, 0.2) is 0 Å². The van der Waals surface area contributed by atoms with Gasteiger partial charge in [-0.1, -0.05) is 17.7 Å². The topological polar surface area (TPSA) is 46.3 Å². The van der Waals surface area contributed by atoms with Gasteiger partial charge in [-0.3, -0.25) is 4.79 Å². The highest BCUT2D eigenvalue weighted by Crippen LogP contribution is 2.35. The standard InChI is InChI=1S/C14H14ClF3N2O/c15-12-3-1-9(7-11(12)14(16,17)18)2-4-13(21)20-6-5-10(19)8-20/h1-4,7,10H,5-6,8,19H2/b4-2+/t10-/m1/s1. The molecule has 1 aromatic rings. The minimum Gasteiger partial charge on any atom is -0.338 e. The molecule has 114 valence electrons. The molecular formula is C14H14ClF3N2O. The quantitative estimate of drug-likeness (QED) is 0.852. The molecule has 0 aromatic heterocycles. The first-order chi connectivity index (χ1) is 9.77. The van der Waals surface area contributed by atoms with Crippen LogP contribution in [0.4, 0.5) is 13.2 Å². The number of rotatable bonds is 2. The molecule has 1 aliphatic heterocycles. The lowest BCUT2D eigenvalue weighted by molar-refractivity contribution is -0.137. The van der Waals surface area contributed by atoms with E-state index in [1.165, 1.54) is 24.3 Å². The number of benzene rings is 1. The average molecular weight is 319 g/mol. The van der Waals surface area contributed by atoms with Crippen LogP contribution in [0.2, 0.25) is 5.02 Å². The van der Waals surface area contributed by atoms with Gasteiger partial charge < -0.3 is 10.6 Å². The van der Waals surface area contributed by atoms with Crippen molar-refractivity contribution in [1.82, 2.24) is 4.90 Å². The molecule has 0 unspecified atom stereocenters. The Morgan fingerprint density at radius 3 is 2.71 bits per heavy atom. The molecule has 1 aliphatic rings. The van der Waals surface area contributed by atoms with E-state index < -0.39 is 11.7 Å². The lowest BCUT2D eigenvalue weighted by atomic mass is 10.1. The third kappa shape index (κ3) is 3.98. The van der Waals surface area contributed by atoms with Crippen molar-refractivity contribution in [3.05, 3.63) is 40.4 Å². The van der Waals surface area contributed by atoms with E-state index in [0.717, 1.165) is 12.5 Å². The molecule has 0 radical (unpaired) electrons. The fraction of sp³-hybridized carbons (Fsp3) is 0.357. The molecule has 0 aliphatic carbocycles. The Balaban J connectivity index is 2.13. The van der Waals surface area contributed by atoms with Crippen LogP contribution in [0.3, 0.4) is 0 Å². The van der Waals surface area contributed by atoms with Gasteiger partial charge in [-0.15, -0.1) is 0 Å². The largest absolute Gasteiger partial charge is 0.417 e. The highest BCUT2D eigenvalue weighted by Gasteiger charge is 2.33. The molecule has 1 fully saturated rings. The number of nitrogens with zero attached hydrogens (tertiary/aromatic N) is 1. The van der Waals surface area contributed by atoms with Gasteiger partial charge in [0.2, 0.25) is 5.91 Å². The van der Waals surface area contributed by atoms with Crippen molar-refractivity contribution in [3.63, 3.8) is 0 Å². The summed E-state index contributed by atoms with van der Waals surface area (Å²) in [5.74, 6) is -0.258. The van der Waals surface area contributed by atoms with Crippen molar-refractivity contribution in [2.75, 3.05) is 13.1 Å². The molecule has 0 bridgehead atoms. The smallest absolute Gasteiger partial charge is 0.338 e. The maximum absolute atomic E-state index is 12.7. The summed E-state index contributed by atoms with van der Waals surface area (Å²) in [6.45, 7) is 1.04. The highest BCUT2D eigenvalue weighted by molar-refractivity contribution is 6.31. The third-order valence-electron chi connectivity index (χ3n) is 3.25. The Morgan fingerprint density at radius 1 is 1.43 bits per heavy atom. The van der Waals surface area contributed by atoms with E-state index in [1.54, 1.807) is 4.90 Å². The van der Waals surface area contributed by atoms with E-state index in [2.05, 4.69) is 0 Å². The second-order valence-corrected chi connectivity index (χ2v) is 5.31. The lowest BCUT2D eigenvalue weighted by Crippen LogP contribution is -2.30. The van der Waals surface area contributed by atoms with Crippen molar-refractivity contribution in [1.29, 1.82) is 0 Å². The number of halogens is 4. The summed E-state index contributed by atoms with van der Waals surface area (Å²) in [4.78, 5) is 13.4. The summed E-state index contributed by atoms with van der Waals surface area (Å²) in [5.41, 5.74) is 5.05. The van der Waals surface area contributed by atoms with Crippen LogP contribution in [-0.2, 0) is 11.0 Å². The number of carbonyl (C=O) groups is 1. The van der Waals surface area contributed by atoms with Gasteiger partial charge in [0.25, 0.3) is 0 Å². The number of hydrogen-bond donors (Lipinski definition) is 1. The molecule has 1 saturated heterocycles. The SMILES string of the molecule is N[C@@H]1CCN(C(=O)/C=C/c2ccc(Cl)c(C(F)(F)F)c2)C1. The second-order valence-electron chi connectivity index (χ2n) is 4.90. The number of likely N-dealkylation sites (tertiary alicyclic amines) is 1. The van der Waals surface area contributed by atoms with Crippen molar-refractivity contribution >= 4 is 23.6 Å².